The average Bonchev–Trinajstić information content (AvgIpc) is 3.16. The second-order valence-electron chi connectivity index (χ2n) is 5.18. The number of benzene rings is 1. The third-order valence-corrected chi connectivity index (χ3v) is 3.37. The van der Waals surface area contributed by atoms with Crippen molar-refractivity contribution in [3.8, 4) is 0 Å². The molecule has 1 fully saturated rings. The highest BCUT2D eigenvalue weighted by molar-refractivity contribution is 5.80. The molecule has 4 heteroatoms. The van der Waals surface area contributed by atoms with Crippen LogP contribution in [0.1, 0.15) is 25.5 Å². The molecule has 1 aromatic heterocycles. The second kappa shape index (κ2) is 5.99. The van der Waals surface area contributed by atoms with Gasteiger partial charge < -0.3 is 15.1 Å². The van der Waals surface area contributed by atoms with Crippen LogP contribution in [0.15, 0.2) is 39.7 Å². The van der Waals surface area contributed by atoms with Gasteiger partial charge in [0.1, 0.15) is 11.3 Å². The number of furan rings is 1. The molecule has 106 valence electrons. The van der Waals surface area contributed by atoms with Crippen LogP contribution in [-0.2, 0) is 6.42 Å². The number of hydrogen-bond donors (Lipinski definition) is 2. The molecule has 4 nitrogen and oxygen atoms in total. The zero-order valence-corrected chi connectivity index (χ0v) is 11.9. The molecular formula is C16H21N3O. The van der Waals surface area contributed by atoms with Crippen LogP contribution in [-0.4, -0.2) is 25.1 Å². The summed E-state index contributed by atoms with van der Waals surface area (Å²) < 4.78 is 5.79. The molecule has 0 unspecified atom stereocenters. The number of rotatable bonds is 5. The van der Waals surface area contributed by atoms with Crippen LogP contribution in [0.3, 0.4) is 0 Å². The van der Waals surface area contributed by atoms with Gasteiger partial charge in [-0.05, 0) is 31.9 Å². The maximum Gasteiger partial charge on any atom is 0.191 e. The first-order valence-electron chi connectivity index (χ1n) is 7.37. The lowest BCUT2D eigenvalue weighted by Gasteiger charge is -2.09. The van der Waals surface area contributed by atoms with Crippen molar-refractivity contribution in [2.45, 2.75) is 32.2 Å². The minimum atomic E-state index is 0.624. The summed E-state index contributed by atoms with van der Waals surface area (Å²) in [4.78, 5) is 4.59. The van der Waals surface area contributed by atoms with Gasteiger partial charge >= 0.3 is 0 Å². The predicted octanol–water partition coefficient (Wildman–Crippen LogP) is 2.69. The third-order valence-electron chi connectivity index (χ3n) is 3.37. The Morgan fingerprint density at radius 1 is 1.35 bits per heavy atom. The van der Waals surface area contributed by atoms with E-state index in [1.807, 2.05) is 18.2 Å². The molecule has 1 heterocycles. The Morgan fingerprint density at radius 3 is 2.95 bits per heavy atom. The molecule has 2 N–H and O–H groups in total. The van der Waals surface area contributed by atoms with E-state index in [1.54, 1.807) is 0 Å². The van der Waals surface area contributed by atoms with Gasteiger partial charge in [0.15, 0.2) is 5.96 Å². The molecule has 0 aliphatic heterocycles. The summed E-state index contributed by atoms with van der Waals surface area (Å²) in [5, 5.41) is 7.85. The van der Waals surface area contributed by atoms with Gasteiger partial charge in [0.25, 0.3) is 0 Å². The summed E-state index contributed by atoms with van der Waals surface area (Å²) in [7, 11) is 0. The minimum absolute atomic E-state index is 0.624. The topological polar surface area (TPSA) is 49.6 Å². The Morgan fingerprint density at radius 2 is 2.20 bits per heavy atom. The highest BCUT2D eigenvalue weighted by Gasteiger charge is 2.21. The van der Waals surface area contributed by atoms with E-state index in [0.717, 1.165) is 42.2 Å². The lowest BCUT2D eigenvalue weighted by molar-refractivity contribution is 0.550. The highest BCUT2D eigenvalue weighted by atomic mass is 16.3. The van der Waals surface area contributed by atoms with Gasteiger partial charge in [0, 0.05) is 30.9 Å². The van der Waals surface area contributed by atoms with Crippen molar-refractivity contribution in [1.82, 2.24) is 10.6 Å². The zero-order chi connectivity index (χ0) is 13.8. The summed E-state index contributed by atoms with van der Waals surface area (Å²) in [5.41, 5.74) is 0.953. The molecule has 0 atom stereocenters. The largest absolute Gasteiger partial charge is 0.461 e. The number of nitrogens with zero attached hydrogens (tertiary/aromatic N) is 1. The first-order chi connectivity index (χ1) is 9.85. The first kappa shape index (κ1) is 13.0. The van der Waals surface area contributed by atoms with Crippen LogP contribution in [0.4, 0.5) is 0 Å². The van der Waals surface area contributed by atoms with Crippen LogP contribution in [0, 0.1) is 0 Å². The van der Waals surface area contributed by atoms with E-state index in [4.69, 9.17) is 4.42 Å². The Bertz CT molecular complexity index is 566. The predicted molar refractivity (Wildman–Crippen MR) is 82.1 cm³/mol. The summed E-state index contributed by atoms with van der Waals surface area (Å²) in [6.45, 7) is 3.72. The van der Waals surface area contributed by atoms with Gasteiger partial charge in [-0.3, -0.25) is 4.99 Å². The van der Waals surface area contributed by atoms with Crippen LogP contribution < -0.4 is 10.6 Å². The smallest absolute Gasteiger partial charge is 0.191 e. The SMILES string of the molecule is CCNC(=NCCc1cc2ccccc2o1)NC1CC1. The van der Waals surface area contributed by atoms with Gasteiger partial charge in [0.05, 0.1) is 0 Å². The maximum absolute atomic E-state index is 5.79. The van der Waals surface area contributed by atoms with Crippen LogP contribution >= 0.6 is 0 Å². The molecule has 1 aliphatic rings. The Kier molecular flexibility index (Phi) is 3.90. The van der Waals surface area contributed by atoms with Crippen molar-refractivity contribution in [3.05, 3.63) is 36.1 Å². The Labute approximate surface area is 119 Å². The first-order valence-corrected chi connectivity index (χ1v) is 7.37. The molecule has 20 heavy (non-hydrogen) atoms. The molecule has 1 saturated carbocycles. The molecule has 0 amide bonds. The van der Waals surface area contributed by atoms with Gasteiger partial charge in [-0.2, -0.15) is 0 Å². The molecule has 0 spiro atoms. The Hall–Kier alpha value is -1.97. The van der Waals surface area contributed by atoms with E-state index in [9.17, 15) is 0 Å². The number of aliphatic imine (C=N–C) groups is 1. The van der Waals surface area contributed by atoms with E-state index in [1.165, 1.54) is 12.8 Å². The van der Waals surface area contributed by atoms with Crippen molar-refractivity contribution in [3.63, 3.8) is 0 Å². The van der Waals surface area contributed by atoms with Gasteiger partial charge in [-0.1, -0.05) is 18.2 Å². The fourth-order valence-corrected chi connectivity index (χ4v) is 2.18. The van der Waals surface area contributed by atoms with Crippen LogP contribution in [0.2, 0.25) is 0 Å². The molecule has 3 rings (SSSR count). The number of nitrogens with one attached hydrogen (secondary N) is 2. The van der Waals surface area contributed by atoms with Gasteiger partial charge in [0.2, 0.25) is 0 Å². The fourth-order valence-electron chi connectivity index (χ4n) is 2.18. The minimum Gasteiger partial charge on any atom is -0.461 e. The molecule has 2 aromatic rings. The molecular weight excluding hydrogens is 250 g/mol. The quantitative estimate of drug-likeness (QED) is 0.649. The molecule has 1 aliphatic carbocycles. The monoisotopic (exact) mass is 271 g/mol. The zero-order valence-electron chi connectivity index (χ0n) is 11.9. The van der Waals surface area contributed by atoms with Crippen molar-refractivity contribution in [2.75, 3.05) is 13.1 Å². The molecule has 0 saturated heterocycles. The van der Waals surface area contributed by atoms with E-state index >= 15 is 0 Å². The molecule has 0 radical (unpaired) electrons. The van der Waals surface area contributed by atoms with E-state index in [-0.39, 0.29) is 0 Å². The lowest BCUT2D eigenvalue weighted by atomic mass is 10.2. The Balaban J connectivity index is 1.59. The van der Waals surface area contributed by atoms with Crippen molar-refractivity contribution < 1.29 is 4.42 Å². The average molecular weight is 271 g/mol. The normalized spacial score (nSPS) is 15.6. The summed E-state index contributed by atoms with van der Waals surface area (Å²) in [5.74, 6) is 1.92. The number of guanidine groups is 1. The number of para-hydroxylation sites is 1. The van der Waals surface area contributed by atoms with Crippen molar-refractivity contribution in [1.29, 1.82) is 0 Å². The van der Waals surface area contributed by atoms with Crippen LogP contribution in [0.5, 0.6) is 0 Å². The highest BCUT2D eigenvalue weighted by Crippen LogP contribution is 2.19. The standard InChI is InChI=1S/C16H21N3O/c1-2-17-16(19-13-7-8-13)18-10-9-14-11-12-5-3-4-6-15(12)20-14/h3-6,11,13H,2,7-10H2,1H3,(H2,17,18,19). The van der Waals surface area contributed by atoms with Gasteiger partial charge in [-0.15, -0.1) is 0 Å². The van der Waals surface area contributed by atoms with Crippen LogP contribution in [0.25, 0.3) is 11.0 Å². The molecule has 1 aromatic carbocycles. The third kappa shape index (κ3) is 3.32. The summed E-state index contributed by atoms with van der Waals surface area (Å²) in [6.07, 6.45) is 3.35. The van der Waals surface area contributed by atoms with Gasteiger partial charge in [-0.25, -0.2) is 0 Å². The second-order valence-corrected chi connectivity index (χ2v) is 5.18. The number of fused-ring (bicyclic) bond motifs is 1. The van der Waals surface area contributed by atoms with Crippen molar-refractivity contribution in [2.24, 2.45) is 4.99 Å². The lowest BCUT2D eigenvalue weighted by Crippen LogP contribution is -2.38. The van der Waals surface area contributed by atoms with Crippen molar-refractivity contribution >= 4 is 16.9 Å². The molecule has 0 bridgehead atoms. The van der Waals surface area contributed by atoms with E-state index in [0.29, 0.717) is 6.04 Å². The number of hydrogen-bond acceptors (Lipinski definition) is 2. The summed E-state index contributed by atoms with van der Waals surface area (Å²) >= 11 is 0. The maximum atomic E-state index is 5.79. The fraction of sp³-hybridized carbons (Fsp3) is 0.438. The van der Waals surface area contributed by atoms with E-state index in [2.05, 4.69) is 34.7 Å². The van der Waals surface area contributed by atoms with E-state index < -0.39 is 0 Å². The summed E-state index contributed by atoms with van der Waals surface area (Å²) in [6, 6.07) is 10.8.